The Bertz CT molecular complexity index is 1590. The highest BCUT2D eigenvalue weighted by atomic mass is 32.2. The van der Waals surface area contributed by atoms with Crippen molar-refractivity contribution in [3.05, 3.63) is 48.4 Å². The molecular formula is C26H29F3N6O3S. The van der Waals surface area contributed by atoms with Crippen molar-refractivity contribution in [3.63, 3.8) is 0 Å². The predicted octanol–water partition coefficient (Wildman–Crippen LogP) is 5.25. The Balaban J connectivity index is 1.42. The summed E-state index contributed by atoms with van der Waals surface area (Å²) in [5, 5.41) is 12.5. The van der Waals surface area contributed by atoms with Crippen LogP contribution >= 0.6 is 0 Å². The maximum absolute atomic E-state index is 13.4. The fourth-order valence-electron chi connectivity index (χ4n) is 5.00. The smallest absolute Gasteiger partial charge is 0.438 e. The fraction of sp³-hybridized carbons (Fsp3) is 0.423. The third-order valence-corrected chi connectivity index (χ3v) is 7.98. The van der Waals surface area contributed by atoms with E-state index in [2.05, 4.69) is 15.4 Å². The number of ether oxygens (including phenoxy) is 1. The van der Waals surface area contributed by atoms with E-state index in [1.54, 1.807) is 30.5 Å². The van der Waals surface area contributed by atoms with Crippen molar-refractivity contribution < 1.29 is 26.3 Å². The number of pyridine rings is 1. The molecule has 208 valence electrons. The molecule has 39 heavy (non-hydrogen) atoms. The van der Waals surface area contributed by atoms with Crippen LogP contribution in [0, 0.1) is 0 Å². The SMILES string of the molecule is CCNc1cc2c(cn1)c(-c1ccc(S(C)(=O)=O)cc1)nn2C1CCC(Oc2cn(C)nc2C(F)(F)F)CC1. The Hall–Kier alpha value is -3.61. The number of benzene rings is 1. The third-order valence-electron chi connectivity index (χ3n) is 6.85. The van der Waals surface area contributed by atoms with Gasteiger partial charge in [0.2, 0.25) is 5.69 Å². The lowest BCUT2D eigenvalue weighted by molar-refractivity contribution is -0.143. The first-order valence-electron chi connectivity index (χ1n) is 12.6. The molecule has 0 amide bonds. The number of aromatic nitrogens is 5. The first-order valence-corrected chi connectivity index (χ1v) is 14.5. The Morgan fingerprint density at radius 1 is 1.10 bits per heavy atom. The number of alkyl halides is 3. The summed E-state index contributed by atoms with van der Waals surface area (Å²) in [6, 6.07) is 8.53. The molecule has 0 atom stereocenters. The molecule has 0 saturated heterocycles. The van der Waals surface area contributed by atoms with Crippen molar-refractivity contribution in [1.29, 1.82) is 0 Å². The molecule has 4 aromatic rings. The van der Waals surface area contributed by atoms with Gasteiger partial charge in [0.25, 0.3) is 0 Å². The number of hydrogen-bond donors (Lipinski definition) is 1. The van der Waals surface area contributed by atoms with Crippen molar-refractivity contribution in [2.24, 2.45) is 7.05 Å². The lowest BCUT2D eigenvalue weighted by Gasteiger charge is -2.29. The molecular weight excluding hydrogens is 533 g/mol. The first-order chi connectivity index (χ1) is 18.4. The van der Waals surface area contributed by atoms with Crippen molar-refractivity contribution in [2.75, 3.05) is 18.1 Å². The van der Waals surface area contributed by atoms with E-state index in [0.29, 0.717) is 43.7 Å². The zero-order valence-electron chi connectivity index (χ0n) is 21.7. The molecule has 9 nitrogen and oxygen atoms in total. The van der Waals surface area contributed by atoms with Gasteiger partial charge in [0, 0.05) is 43.1 Å². The summed E-state index contributed by atoms with van der Waals surface area (Å²) in [5.41, 5.74) is 1.31. The standard InChI is InChI=1S/C26H29F3N6O3S/c1-4-30-23-13-21-20(14-31-23)24(16-5-11-19(12-6-16)39(3,36)37)32-35(21)17-7-9-18(10-8-17)38-22-15-34(2)33-25(22)26(27,28)29/h5-6,11-15,17-18H,4,7-10H2,1-3H3,(H,30,31). The van der Waals surface area contributed by atoms with E-state index in [0.717, 1.165) is 27.4 Å². The Morgan fingerprint density at radius 2 is 1.79 bits per heavy atom. The quantitative estimate of drug-likeness (QED) is 0.328. The Morgan fingerprint density at radius 3 is 2.41 bits per heavy atom. The number of anilines is 1. The molecule has 1 aliphatic rings. The summed E-state index contributed by atoms with van der Waals surface area (Å²) in [6.45, 7) is 2.68. The van der Waals surface area contributed by atoms with E-state index >= 15 is 0 Å². The number of aryl methyl sites for hydroxylation is 1. The van der Waals surface area contributed by atoms with Crippen LogP contribution in [0.4, 0.5) is 19.0 Å². The topological polar surface area (TPSA) is 104 Å². The van der Waals surface area contributed by atoms with E-state index in [9.17, 15) is 21.6 Å². The van der Waals surface area contributed by atoms with Crippen LogP contribution in [0.3, 0.4) is 0 Å². The summed E-state index contributed by atoms with van der Waals surface area (Å²) in [7, 11) is -1.90. The summed E-state index contributed by atoms with van der Waals surface area (Å²) in [6.07, 6.45) is 1.66. The maximum atomic E-state index is 13.4. The molecule has 0 radical (unpaired) electrons. The number of sulfone groups is 1. The predicted molar refractivity (Wildman–Crippen MR) is 140 cm³/mol. The zero-order chi connectivity index (χ0) is 27.9. The molecule has 1 aliphatic carbocycles. The van der Waals surface area contributed by atoms with Crippen molar-refractivity contribution in [2.45, 2.75) is 55.8 Å². The second kappa shape index (κ2) is 10.2. The van der Waals surface area contributed by atoms with E-state index < -0.39 is 21.7 Å². The number of fused-ring (bicyclic) bond motifs is 1. The second-order valence-corrected chi connectivity index (χ2v) is 11.8. The second-order valence-electron chi connectivity index (χ2n) is 9.77. The van der Waals surface area contributed by atoms with Gasteiger partial charge in [-0.15, -0.1) is 0 Å². The molecule has 1 saturated carbocycles. The van der Waals surface area contributed by atoms with Crippen LogP contribution in [0.5, 0.6) is 5.75 Å². The van der Waals surface area contributed by atoms with E-state index in [1.165, 1.54) is 13.2 Å². The summed E-state index contributed by atoms with van der Waals surface area (Å²) in [4.78, 5) is 4.73. The molecule has 1 N–H and O–H groups in total. The van der Waals surface area contributed by atoms with Gasteiger partial charge in [-0.05, 0) is 44.7 Å². The fourth-order valence-corrected chi connectivity index (χ4v) is 5.63. The van der Waals surface area contributed by atoms with Crippen LogP contribution in [0.15, 0.2) is 47.6 Å². The van der Waals surface area contributed by atoms with Gasteiger partial charge < -0.3 is 10.1 Å². The molecule has 0 aliphatic heterocycles. The van der Waals surface area contributed by atoms with Crippen LogP contribution in [0.1, 0.15) is 44.3 Å². The van der Waals surface area contributed by atoms with Gasteiger partial charge in [0.15, 0.2) is 15.6 Å². The lowest BCUT2D eigenvalue weighted by Crippen LogP contribution is -2.27. The van der Waals surface area contributed by atoms with Gasteiger partial charge in [-0.3, -0.25) is 9.36 Å². The highest BCUT2D eigenvalue weighted by molar-refractivity contribution is 7.90. The zero-order valence-corrected chi connectivity index (χ0v) is 22.6. The average molecular weight is 563 g/mol. The molecule has 0 bridgehead atoms. The third kappa shape index (κ3) is 5.58. The van der Waals surface area contributed by atoms with Crippen LogP contribution < -0.4 is 10.1 Å². The lowest BCUT2D eigenvalue weighted by atomic mass is 9.93. The Labute approximate surface area is 223 Å². The van der Waals surface area contributed by atoms with Crippen LogP contribution in [-0.2, 0) is 23.1 Å². The molecule has 3 aromatic heterocycles. The maximum Gasteiger partial charge on any atom is 0.438 e. The van der Waals surface area contributed by atoms with Crippen LogP contribution in [0.25, 0.3) is 22.2 Å². The van der Waals surface area contributed by atoms with Crippen LogP contribution in [-0.4, -0.2) is 51.9 Å². The first kappa shape index (κ1) is 27.0. The van der Waals surface area contributed by atoms with Crippen molar-refractivity contribution in [1.82, 2.24) is 24.5 Å². The summed E-state index contributed by atoms with van der Waals surface area (Å²) < 4.78 is 72.7. The highest BCUT2D eigenvalue weighted by Gasteiger charge is 2.39. The van der Waals surface area contributed by atoms with Crippen molar-refractivity contribution >= 4 is 26.6 Å². The highest BCUT2D eigenvalue weighted by Crippen LogP contribution is 2.39. The van der Waals surface area contributed by atoms with Crippen LogP contribution in [0.2, 0.25) is 0 Å². The van der Waals surface area contributed by atoms with E-state index in [4.69, 9.17) is 9.84 Å². The molecule has 1 fully saturated rings. The van der Waals surface area contributed by atoms with Gasteiger partial charge in [0.05, 0.1) is 28.8 Å². The molecule has 3 heterocycles. The summed E-state index contributed by atoms with van der Waals surface area (Å²) >= 11 is 0. The number of halogens is 3. The van der Waals surface area contributed by atoms with E-state index in [1.807, 2.05) is 17.7 Å². The van der Waals surface area contributed by atoms with Gasteiger partial charge in [0.1, 0.15) is 11.5 Å². The summed E-state index contributed by atoms with van der Waals surface area (Å²) in [5.74, 6) is 0.456. The Kier molecular flexibility index (Phi) is 7.04. The largest absolute Gasteiger partial charge is 0.486 e. The van der Waals surface area contributed by atoms with Gasteiger partial charge in [-0.2, -0.15) is 23.4 Å². The normalized spacial score (nSPS) is 18.4. The minimum Gasteiger partial charge on any atom is -0.486 e. The monoisotopic (exact) mass is 562 g/mol. The molecule has 5 rings (SSSR count). The molecule has 13 heteroatoms. The van der Waals surface area contributed by atoms with Gasteiger partial charge >= 0.3 is 6.18 Å². The average Bonchev–Trinajstić information content (AvgIpc) is 3.44. The van der Waals surface area contributed by atoms with Crippen molar-refractivity contribution in [3.8, 4) is 17.0 Å². The minimum atomic E-state index is -4.59. The van der Waals surface area contributed by atoms with E-state index in [-0.39, 0.29) is 22.8 Å². The number of nitrogens with zero attached hydrogens (tertiary/aromatic N) is 5. The molecule has 0 spiro atoms. The van der Waals surface area contributed by atoms with Gasteiger partial charge in [-0.25, -0.2) is 13.4 Å². The number of nitrogens with one attached hydrogen (secondary N) is 1. The minimum absolute atomic E-state index is 0.00394. The number of rotatable bonds is 7. The molecule has 0 unspecified atom stereocenters. The van der Waals surface area contributed by atoms with Gasteiger partial charge in [-0.1, -0.05) is 12.1 Å². The number of hydrogen-bond acceptors (Lipinski definition) is 7. The molecule has 1 aromatic carbocycles.